The lowest BCUT2D eigenvalue weighted by Crippen LogP contribution is -2.34. The maximum atomic E-state index is 10.8. The van der Waals surface area contributed by atoms with E-state index >= 15 is 0 Å². The van der Waals surface area contributed by atoms with Crippen LogP contribution in [0, 0.1) is 12.3 Å². The van der Waals surface area contributed by atoms with Gasteiger partial charge in [-0.05, 0) is 44.1 Å². The molecule has 0 radical (unpaired) electrons. The van der Waals surface area contributed by atoms with Gasteiger partial charge >= 0.3 is 0 Å². The highest BCUT2D eigenvalue weighted by molar-refractivity contribution is 6.31. The average Bonchev–Trinajstić information content (AvgIpc) is 2.26. The van der Waals surface area contributed by atoms with E-state index in [1.54, 1.807) is 0 Å². The molecule has 94 valence electrons. The van der Waals surface area contributed by atoms with Crippen LogP contribution in [0.25, 0.3) is 0 Å². The minimum absolute atomic E-state index is 0.350. The van der Waals surface area contributed by atoms with Crippen LogP contribution in [0.3, 0.4) is 0 Å². The van der Waals surface area contributed by atoms with E-state index in [0.29, 0.717) is 10.4 Å². The summed E-state index contributed by atoms with van der Waals surface area (Å²) in [5, 5.41) is 11.5. The Morgan fingerprint density at radius 1 is 1.12 bits per heavy atom. The number of hydrogen-bond donors (Lipinski definition) is 1. The van der Waals surface area contributed by atoms with Crippen molar-refractivity contribution in [2.75, 3.05) is 0 Å². The summed E-state index contributed by atoms with van der Waals surface area (Å²) in [5.41, 5.74) is 1.69. The Bertz CT molecular complexity index is 413. The monoisotopic (exact) mass is 252 g/mol. The second-order valence-corrected chi connectivity index (χ2v) is 6.59. The van der Waals surface area contributed by atoms with E-state index in [1.165, 1.54) is 0 Å². The molecular weight excluding hydrogens is 232 g/mol. The van der Waals surface area contributed by atoms with Crippen molar-refractivity contribution in [2.24, 2.45) is 5.41 Å². The third kappa shape index (κ3) is 2.66. The molecule has 1 aromatic rings. The largest absolute Gasteiger partial charge is 0.385 e. The molecule has 1 aromatic carbocycles. The first-order valence-corrected chi connectivity index (χ1v) is 6.69. The first-order valence-electron chi connectivity index (χ1n) is 6.31. The molecule has 0 saturated heterocycles. The van der Waals surface area contributed by atoms with Crippen LogP contribution in [0.4, 0.5) is 0 Å². The highest BCUT2D eigenvalue weighted by atomic mass is 35.5. The maximum absolute atomic E-state index is 10.8. The summed E-state index contributed by atoms with van der Waals surface area (Å²) in [6.07, 6.45) is 3.72. The van der Waals surface area contributed by atoms with Crippen molar-refractivity contribution in [2.45, 2.75) is 52.1 Å². The first-order chi connectivity index (χ1) is 7.82. The Labute approximate surface area is 109 Å². The number of rotatable bonds is 1. The highest BCUT2D eigenvalue weighted by Crippen LogP contribution is 2.46. The van der Waals surface area contributed by atoms with Gasteiger partial charge in [-0.15, -0.1) is 0 Å². The molecule has 1 saturated carbocycles. The van der Waals surface area contributed by atoms with Gasteiger partial charge in [-0.2, -0.15) is 0 Å². The molecule has 0 heterocycles. The fraction of sp³-hybridized carbons (Fsp3) is 0.600. The minimum atomic E-state index is -0.724. The lowest BCUT2D eigenvalue weighted by atomic mass is 9.69. The fourth-order valence-corrected chi connectivity index (χ4v) is 2.90. The molecule has 1 fully saturated rings. The molecule has 1 N–H and O–H groups in total. The molecule has 2 rings (SSSR count). The van der Waals surface area contributed by atoms with E-state index in [2.05, 4.69) is 13.8 Å². The van der Waals surface area contributed by atoms with Crippen LogP contribution in [0.2, 0.25) is 5.02 Å². The topological polar surface area (TPSA) is 20.2 Å². The van der Waals surface area contributed by atoms with Gasteiger partial charge in [0, 0.05) is 10.6 Å². The van der Waals surface area contributed by atoms with Crippen LogP contribution < -0.4 is 0 Å². The van der Waals surface area contributed by atoms with E-state index < -0.39 is 5.60 Å². The van der Waals surface area contributed by atoms with Gasteiger partial charge in [0.15, 0.2) is 0 Å². The molecule has 2 heteroatoms. The molecule has 1 aliphatic rings. The Hall–Kier alpha value is -0.530. The smallest absolute Gasteiger partial charge is 0.0911 e. The van der Waals surface area contributed by atoms with Crippen LogP contribution in [0.15, 0.2) is 18.2 Å². The van der Waals surface area contributed by atoms with Gasteiger partial charge in [-0.25, -0.2) is 0 Å². The van der Waals surface area contributed by atoms with Crippen LogP contribution in [-0.2, 0) is 5.60 Å². The highest BCUT2D eigenvalue weighted by Gasteiger charge is 2.38. The van der Waals surface area contributed by atoms with Crippen molar-refractivity contribution >= 4 is 11.6 Å². The number of benzene rings is 1. The summed E-state index contributed by atoms with van der Waals surface area (Å²) in [6, 6.07) is 5.91. The Morgan fingerprint density at radius 2 is 1.71 bits per heavy atom. The van der Waals surface area contributed by atoms with Crippen LogP contribution in [-0.4, -0.2) is 5.11 Å². The Balaban J connectivity index is 2.30. The van der Waals surface area contributed by atoms with Crippen LogP contribution >= 0.6 is 11.6 Å². The predicted molar refractivity (Wildman–Crippen MR) is 72.3 cm³/mol. The molecule has 1 aliphatic carbocycles. The van der Waals surface area contributed by atoms with E-state index in [1.807, 2.05) is 25.1 Å². The summed E-state index contributed by atoms with van der Waals surface area (Å²) in [5.74, 6) is 0. The summed E-state index contributed by atoms with van der Waals surface area (Å²) in [7, 11) is 0. The van der Waals surface area contributed by atoms with Crippen LogP contribution in [0.1, 0.15) is 50.7 Å². The molecule has 0 aromatic heterocycles. The minimum Gasteiger partial charge on any atom is -0.385 e. The second-order valence-electron chi connectivity index (χ2n) is 6.18. The lowest BCUT2D eigenvalue weighted by molar-refractivity contribution is -0.0305. The van der Waals surface area contributed by atoms with Gasteiger partial charge < -0.3 is 5.11 Å². The average molecular weight is 253 g/mol. The maximum Gasteiger partial charge on any atom is 0.0911 e. The molecule has 0 spiro atoms. The van der Waals surface area contributed by atoms with Gasteiger partial charge in [-0.3, -0.25) is 0 Å². The van der Waals surface area contributed by atoms with Crippen molar-refractivity contribution < 1.29 is 5.11 Å². The van der Waals surface area contributed by atoms with E-state index in [-0.39, 0.29) is 0 Å². The molecule has 0 atom stereocenters. The first kappa shape index (κ1) is 12.9. The quantitative estimate of drug-likeness (QED) is 0.784. The van der Waals surface area contributed by atoms with Gasteiger partial charge in [0.2, 0.25) is 0 Å². The number of hydrogen-bond acceptors (Lipinski definition) is 1. The van der Waals surface area contributed by atoms with Gasteiger partial charge in [0.25, 0.3) is 0 Å². The lowest BCUT2D eigenvalue weighted by Gasteiger charge is -2.41. The zero-order valence-electron chi connectivity index (χ0n) is 10.9. The van der Waals surface area contributed by atoms with E-state index in [4.69, 9.17) is 11.6 Å². The van der Waals surface area contributed by atoms with Crippen molar-refractivity contribution in [3.05, 3.63) is 34.3 Å². The van der Waals surface area contributed by atoms with E-state index in [9.17, 15) is 5.11 Å². The standard InChI is InChI=1S/C15H21ClO/c1-11-4-5-13(16)12(10-11)15(17)8-6-14(2,3)7-9-15/h4-5,10,17H,6-9H2,1-3H3. The molecule has 0 amide bonds. The van der Waals surface area contributed by atoms with Crippen molar-refractivity contribution in [1.82, 2.24) is 0 Å². The number of halogens is 1. The summed E-state index contributed by atoms with van der Waals surface area (Å²) in [4.78, 5) is 0. The van der Waals surface area contributed by atoms with Crippen molar-refractivity contribution in [1.29, 1.82) is 0 Å². The number of aliphatic hydroxyl groups is 1. The van der Waals surface area contributed by atoms with Crippen molar-refractivity contribution in [3.63, 3.8) is 0 Å². The fourth-order valence-electron chi connectivity index (χ4n) is 2.61. The van der Waals surface area contributed by atoms with E-state index in [0.717, 1.165) is 36.8 Å². The second kappa shape index (κ2) is 4.29. The molecule has 0 bridgehead atoms. The molecule has 1 nitrogen and oxygen atoms in total. The Kier molecular flexibility index (Phi) is 3.26. The molecule has 17 heavy (non-hydrogen) atoms. The molecule has 0 unspecified atom stereocenters. The Morgan fingerprint density at radius 3 is 2.29 bits per heavy atom. The predicted octanol–water partition coefficient (Wildman–Crippen LogP) is 4.44. The SMILES string of the molecule is Cc1ccc(Cl)c(C2(O)CCC(C)(C)CC2)c1. The van der Waals surface area contributed by atoms with Gasteiger partial charge in [0.05, 0.1) is 5.60 Å². The zero-order valence-corrected chi connectivity index (χ0v) is 11.6. The normalized spacial score (nSPS) is 22.4. The molecular formula is C15H21ClO. The van der Waals surface area contributed by atoms with Gasteiger partial charge in [-0.1, -0.05) is 43.1 Å². The van der Waals surface area contributed by atoms with Gasteiger partial charge in [0.1, 0.15) is 0 Å². The summed E-state index contributed by atoms with van der Waals surface area (Å²) in [6.45, 7) is 6.57. The van der Waals surface area contributed by atoms with Crippen molar-refractivity contribution in [3.8, 4) is 0 Å². The molecule has 0 aliphatic heterocycles. The third-order valence-electron chi connectivity index (χ3n) is 4.05. The number of aryl methyl sites for hydroxylation is 1. The third-order valence-corrected chi connectivity index (χ3v) is 4.38. The van der Waals surface area contributed by atoms with Crippen LogP contribution in [0.5, 0.6) is 0 Å². The summed E-state index contributed by atoms with van der Waals surface area (Å²) < 4.78 is 0. The zero-order chi connectivity index (χ0) is 12.7. The summed E-state index contributed by atoms with van der Waals surface area (Å²) >= 11 is 6.23.